The monoisotopic (exact) mass is 314 g/mol. The van der Waals surface area contributed by atoms with Crippen LogP contribution >= 0.6 is 0 Å². The van der Waals surface area contributed by atoms with Crippen LogP contribution in [0.5, 0.6) is 0 Å². The van der Waals surface area contributed by atoms with Crippen molar-refractivity contribution in [3.05, 3.63) is 30.1 Å². The molecule has 0 amide bonds. The van der Waals surface area contributed by atoms with Gasteiger partial charge in [0.25, 0.3) is 0 Å². The van der Waals surface area contributed by atoms with E-state index in [2.05, 4.69) is 39.7 Å². The molecular weight excluding hydrogens is 288 g/mol. The number of hydrogen-bond acceptors (Lipinski definition) is 5. The summed E-state index contributed by atoms with van der Waals surface area (Å²) in [5, 5.41) is 11.2. The molecule has 1 fully saturated rings. The van der Waals surface area contributed by atoms with E-state index in [0.717, 1.165) is 36.4 Å². The van der Waals surface area contributed by atoms with E-state index in [1.165, 1.54) is 5.56 Å². The van der Waals surface area contributed by atoms with Crippen LogP contribution < -0.4 is 4.90 Å². The molecule has 1 saturated heterocycles. The maximum atomic E-state index is 10.0. The molecule has 124 valence electrons. The van der Waals surface area contributed by atoms with Crippen LogP contribution in [0.4, 0.5) is 5.82 Å². The van der Waals surface area contributed by atoms with Crippen molar-refractivity contribution in [3.63, 3.8) is 0 Å². The van der Waals surface area contributed by atoms with Crippen LogP contribution in [0, 0.1) is 6.92 Å². The summed E-state index contributed by atoms with van der Waals surface area (Å²) in [4.78, 5) is 13.7. The average molecular weight is 314 g/mol. The van der Waals surface area contributed by atoms with Crippen molar-refractivity contribution in [1.29, 1.82) is 0 Å². The Morgan fingerprint density at radius 2 is 2.04 bits per heavy atom. The molecule has 1 N–H and O–H groups in total. The Hall–Kier alpha value is -1.72. The number of hydrogen-bond donors (Lipinski definition) is 1. The van der Waals surface area contributed by atoms with Crippen molar-refractivity contribution >= 4 is 16.7 Å². The molecule has 1 aliphatic heterocycles. The minimum atomic E-state index is -0.653. The van der Waals surface area contributed by atoms with Crippen LogP contribution in [0.2, 0.25) is 0 Å². The lowest BCUT2D eigenvalue weighted by Gasteiger charge is -2.42. The largest absolute Gasteiger partial charge is 0.389 e. The maximum absolute atomic E-state index is 10.0. The number of aromatic nitrogens is 2. The summed E-state index contributed by atoms with van der Waals surface area (Å²) in [6, 6.07) is 6.55. The van der Waals surface area contributed by atoms with Crippen molar-refractivity contribution in [1.82, 2.24) is 14.9 Å². The van der Waals surface area contributed by atoms with Crippen LogP contribution in [0.15, 0.2) is 24.5 Å². The lowest BCUT2D eigenvalue weighted by Crippen LogP contribution is -2.55. The highest BCUT2D eigenvalue weighted by Gasteiger charge is 2.29. The Morgan fingerprint density at radius 1 is 1.26 bits per heavy atom. The fourth-order valence-corrected chi connectivity index (χ4v) is 3.52. The second-order valence-corrected chi connectivity index (χ2v) is 7.26. The van der Waals surface area contributed by atoms with E-state index < -0.39 is 5.60 Å². The number of nitrogens with zero attached hydrogens (tertiary/aromatic N) is 4. The van der Waals surface area contributed by atoms with E-state index in [1.54, 1.807) is 6.33 Å². The van der Waals surface area contributed by atoms with Crippen molar-refractivity contribution in [2.75, 3.05) is 31.1 Å². The first-order chi connectivity index (χ1) is 10.8. The predicted octanol–water partition coefficient (Wildman–Crippen LogP) is 2.22. The van der Waals surface area contributed by atoms with Crippen molar-refractivity contribution in [2.24, 2.45) is 0 Å². The van der Waals surface area contributed by atoms with E-state index >= 15 is 0 Å². The van der Waals surface area contributed by atoms with Gasteiger partial charge in [-0.3, -0.25) is 4.90 Å². The highest BCUT2D eigenvalue weighted by atomic mass is 16.3. The van der Waals surface area contributed by atoms with Gasteiger partial charge in [-0.15, -0.1) is 0 Å². The molecule has 1 atom stereocenters. The lowest BCUT2D eigenvalue weighted by molar-refractivity contribution is 0.0307. The van der Waals surface area contributed by atoms with Crippen molar-refractivity contribution in [3.8, 4) is 0 Å². The van der Waals surface area contributed by atoms with Gasteiger partial charge in [0.1, 0.15) is 12.1 Å². The second kappa shape index (κ2) is 6.06. The van der Waals surface area contributed by atoms with Crippen LogP contribution in [0.25, 0.3) is 10.9 Å². The number of β-amino-alcohol motifs (C(OH)–C–C–N with tert-alkyl or cyclic N) is 1. The third-order valence-electron chi connectivity index (χ3n) is 4.45. The molecule has 1 aromatic heterocycles. The Bertz CT molecular complexity index is 690. The number of rotatable bonds is 3. The summed E-state index contributed by atoms with van der Waals surface area (Å²) < 4.78 is 0. The SMILES string of the molecule is Cc1cccc2ncnc(N3CCN(CC(C)(C)O)CC3C)c12. The number of aliphatic hydroxyl groups is 1. The number of anilines is 1. The minimum absolute atomic E-state index is 0.351. The lowest BCUT2D eigenvalue weighted by atomic mass is 10.1. The molecule has 1 aromatic carbocycles. The van der Waals surface area contributed by atoms with Gasteiger partial charge in [-0.1, -0.05) is 12.1 Å². The van der Waals surface area contributed by atoms with E-state index in [9.17, 15) is 5.11 Å². The molecule has 0 spiro atoms. The van der Waals surface area contributed by atoms with Crippen molar-refractivity contribution < 1.29 is 5.11 Å². The van der Waals surface area contributed by atoms with Crippen LogP contribution in [0.3, 0.4) is 0 Å². The van der Waals surface area contributed by atoms with Gasteiger partial charge in [0.05, 0.1) is 11.1 Å². The molecule has 2 aromatic rings. The van der Waals surface area contributed by atoms with Gasteiger partial charge in [0, 0.05) is 37.6 Å². The zero-order valence-corrected chi connectivity index (χ0v) is 14.5. The summed E-state index contributed by atoms with van der Waals surface area (Å²) in [5.41, 5.74) is 1.56. The van der Waals surface area contributed by atoms with Gasteiger partial charge < -0.3 is 10.0 Å². The first-order valence-corrected chi connectivity index (χ1v) is 8.27. The highest BCUT2D eigenvalue weighted by molar-refractivity contribution is 5.92. The summed E-state index contributed by atoms with van der Waals surface area (Å²) in [7, 11) is 0. The van der Waals surface area contributed by atoms with E-state index in [1.807, 2.05) is 26.0 Å². The molecule has 0 radical (unpaired) electrons. The summed E-state index contributed by atoms with van der Waals surface area (Å²) in [6.45, 7) is 11.6. The third kappa shape index (κ3) is 3.46. The van der Waals surface area contributed by atoms with Gasteiger partial charge in [-0.05, 0) is 39.3 Å². The number of fused-ring (bicyclic) bond motifs is 1. The van der Waals surface area contributed by atoms with Gasteiger partial charge in [-0.2, -0.15) is 0 Å². The normalized spacial score (nSPS) is 20.2. The number of benzene rings is 1. The first kappa shape index (κ1) is 16.1. The van der Waals surface area contributed by atoms with Crippen molar-refractivity contribution in [2.45, 2.75) is 39.3 Å². The molecule has 0 saturated carbocycles. The maximum Gasteiger partial charge on any atom is 0.140 e. The quantitative estimate of drug-likeness (QED) is 0.941. The van der Waals surface area contributed by atoms with Crippen LogP contribution in [-0.2, 0) is 0 Å². The summed E-state index contributed by atoms with van der Waals surface area (Å²) in [6.07, 6.45) is 1.66. The Balaban J connectivity index is 1.87. The zero-order chi connectivity index (χ0) is 16.6. The van der Waals surface area contributed by atoms with E-state index in [0.29, 0.717) is 12.6 Å². The molecule has 2 heterocycles. The molecule has 3 rings (SSSR count). The zero-order valence-electron chi connectivity index (χ0n) is 14.5. The van der Waals surface area contributed by atoms with E-state index in [4.69, 9.17) is 0 Å². The fourth-order valence-electron chi connectivity index (χ4n) is 3.52. The standard InChI is InChI=1S/C18H26N4O/c1-13-6-5-7-15-16(13)17(20-12-19-15)22-9-8-21(10-14(22)2)11-18(3,4)23/h5-7,12,14,23H,8-11H2,1-4H3. The molecule has 1 unspecified atom stereocenters. The minimum Gasteiger partial charge on any atom is -0.389 e. The summed E-state index contributed by atoms with van der Waals surface area (Å²) >= 11 is 0. The van der Waals surface area contributed by atoms with Gasteiger partial charge >= 0.3 is 0 Å². The first-order valence-electron chi connectivity index (χ1n) is 8.27. The third-order valence-corrected chi connectivity index (χ3v) is 4.45. The Morgan fingerprint density at radius 3 is 2.74 bits per heavy atom. The second-order valence-electron chi connectivity index (χ2n) is 7.26. The molecular formula is C18H26N4O. The highest BCUT2D eigenvalue weighted by Crippen LogP contribution is 2.28. The van der Waals surface area contributed by atoms with Crippen LogP contribution in [-0.4, -0.2) is 57.8 Å². The van der Waals surface area contributed by atoms with Gasteiger partial charge in [0.15, 0.2) is 0 Å². The topological polar surface area (TPSA) is 52.5 Å². The predicted molar refractivity (Wildman–Crippen MR) is 93.8 cm³/mol. The molecule has 5 heteroatoms. The number of piperazine rings is 1. The van der Waals surface area contributed by atoms with E-state index in [-0.39, 0.29) is 0 Å². The van der Waals surface area contributed by atoms with Crippen LogP contribution in [0.1, 0.15) is 26.3 Å². The fraction of sp³-hybridized carbons (Fsp3) is 0.556. The smallest absolute Gasteiger partial charge is 0.140 e. The molecule has 0 bridgehead atoms. The number of aryl methyl sites for hydroxylation is 1. The Labute approximate surface area is 138 Å². The molecule has 1 aliphatic rings. The molecule has 5 nitrogen and oxygen atoms in total. The van der Waals surface area contributed by atoms with Gasteiger partial charge in [-0.25, -0.2) is 9.97 Å². The average Bonchev–Trinajstić information content (AvgIpc) is 2.45. The van der Waals surface area contributed by atoms with Gasteiger partial charge in [0.2, 0.25) is 0 Å². The molecule has 23 heavy (non-hydrogen) atoms. The Kier molecular flexibility index (Phi) is 4.25. The summed E-state index contributed by atoms with van der Waals surface area (Å²) in [5.74, 6) is 1.03. The molecule has 0 aliphatic carbocycles.